The van der Waals surface area contributed by atoms with E-state index in [2.05, 4.69) is 27.7 Å². The van der Waals surface area contributed by atoms with Crippen LogP contribution in [0.1, 0.15) is 36.6 Å². The molecule has 158 valence electrons. The summed E-state index contributed by atoms with van der Waals surface area (Å²) in [4.78, 5) is 19.7. The van der Waals surface area contributed by atoms with Crippen molar-refractivity contribution in [3.05, 3.63) is 29.3 Å². The van der Waals surface area contributed by atoms with E-state index >= 15 is 0 Å². The lowest BCUT2D eigenvalue weighted by Gasteiger charge is -2.31. The summed E-state index contributed by atoms with van der Waals surface area (Å²) in [5.41, 5.74) is 1.05. The molecule has 2 aliphatic heterocycles. The van der Waals surface area contributed by atoms with Crippen molar-refractivity contribution in [1.29, 1.82) is 0 Å². The molecule has 0 aliphatic carbocycles. The number of thiazole rings is 1. The highest BCUT2D eigenvalue weighted by Crippen LogP contribution is 2.33. The maximum Gasteiger partial charge on any atom is 0.233 e. The maximum atomic E-state index is 12.9. The Balaban J connectivity index is 1.19. The second kappa shape index (κ2) is 8.99. The first-order valence-electron chi connectivity index (χ1n) is 10.4. The number of likely N-dealkylation sites (tertiary alicyclic amines) is 1. The Morgan fingerprint density at radius 2 is 2.20 bits per heavy atom. The molecule has 0 spiro atoms. The molecule has 30 heavy (non-hydrogen) atoms. The molecule has 10 heteroatoms. The number of ether oxygens (including phenoxy) is 1. The molecule has 2 aliphatic rings. The Morgan fingerprint density at radius 1 is 1.27 bits per heavy atom. The minimum Gasteiger partial charge on any atom is -0.376 e. The van der Waals surface area contributed by atoms with E-state index in [1.165, 1.54) is 16.5 Å². The van der Waals surface area contributed by atoms with Gasteiger partial charge in [-0.05, 0) is 48.2 Å². The van der Waals surface area contributed by atoms with Crippen molar-refractivity contribution in [2.24, 2.45) is 0 Å². The highest BCUT2D eigenvalue weighted by Gasteiger charge is 2.27. The molecule has 0 radical (unpaired) electrons. The lowest BCUT2D eigenvalue weighted by molar-refractivity contribution is -0.129. The molecule has 1 aromatic carbocycles. The van der Waals surface area contributed by atoms with Crippen molar-refractivity contribution in [2.75, 3.05) is 25.4 Å². The zero-order valence-corrected chi connectivity index (χ0v) is 18.3. The molecule has 8 nitrogen and oxygen atoms in total. The predicted molar refractivity (Wildman–Crippen MR) is 116 cm³/mol. The first-order valence-corrected chi connectivity index (χ1v) is 12.2. The van der Waals surface area contributed by atoms with E-state index in [9.17, 15) is 4.79 Å². The topological polar surface area (TPSA) is 86.0 Å². The Labute approximate surface area is 183 Å². The number of benzene rings is 1. The van der Waals surface area contributed by atoms with Gasteiger partial charge in [-0.3, -0.25) is 4.79 Å². The standard InChI is InChI=1S/C20H24N6O2S2/c27-18(13-29-20-22-23-24-26(20)12-15-6-4-10-28-15)25-9-3-5-14(11-25)19-21-16-7-1-2-8-17(16)30-19/h1-2,7-8,14-15H,3-6,9-13H2/t14-,15+/m1/s1. The highest BCUT2D eigenvalue weighted by atomic mass is 32.2. The average Bonchev–Trinajstić information content (AvgIpc) is 3.53. The van der Waals surface area contributed by atoms with Gasteiger partial charge in [-0.2, -0.15) is 0 Å². The van der Waals surface area contributed by atoms with Gasteiger partial charge in [0, 0.05) is 25.6 Å². The van der Waals surface area contributed by atoms with Crippen LogP contribution in [0.5, 0.6) is 0 Å². The summed E-state index contributed by atoms with van der Waals surface area (Å²) >= 11 is 3.16. The Kier molecular flexibility index (Phi) is 5.96. The van der Waals surface area contributed by atoms with Crippen LogP contribution >= 0.6 is 23.1 Å². The smallest absolute Gasteiger partial charge is 0.233 e. The molecule has 4 heterocycles. The Morgan fingerprint density at radius 3 is 3.07 bits per heavy atom. The minimum absolute atomic E-state index is 0.137. The Hall–Kier alpha value is -2.04. The fourth-order valence-electron chi connectivity index (χ4n) is 4.08. The third-order valence-corrected chi connectivity index (χ3v) is 7.80. The van der Waals surface area contributed by atoms with Crippen molar-refractivity contribution in [3.63, 3.8) is 0 Å². The number of hydrogen-bond acceptors (Lipinski definition) is 8. The van der Waals surface area contributed by atoms with Crippen molar-refractivity contribution in [3.8, 4) is 0 Å². The molecule has 2 saturated heterocycles. The lowest BCUT2D eigenvalue weighted by Crippen LogP contribution is -2.40. The van der Waals surface area contributed by atoms with E-state index in [1.54, 1.807) is 16.0 Å². The molecule has 0 N–H and O–H groups in total. The van der Waals surface area contributed by atoms with E-state index in [0.717, 1.165) is 55.9 Å². The van der Waals surface area contributed by atoms with Crippen molar-refractivity contribution >= 4 is 39.2 Å². The number of carbonyl (C=O) groups excluding carboxylic acids is 1. The second-order valence-electron chi connectivity index (χ2n) is 7.77. The number of hydrogen-bond donors (Lipinski definition) is 0. The first-order chi connectivity index (χ1) is 14.8. The fourth-order valence-corrected chi connectivity index (χ4v) is 5.97. The van der Waals surface area contributed by atoms with Gasteiger partial charge < -0.3 is 9.64 Å². The van der Waals surface area contributed by atoms with Gasteiger partial charge >= 0.3 is 0 Å². The molecular formula is C20H24N6O2S2. The van der Waals surface area contributed by atoms with Crippen molar-refractivity contribution in [2.45, 2.75) is 49.4 Å². The largest absolute Gasteiger partial charge is 0.376 e. The van der Waals surface area contributed by atoms with Gasteiger partial charge in [-0.1, -0.05) is 23.9 Å². The maximum absolute atomic E-state index is 12.9. The minimum atomic E-state index is 0.137. The third kappa shape index (κ3) is 4.35. The summed E-state index contributed by atoms with van der Waals surface area (Å²) in [5.74, 6) is 0.797. The highest BCUT2D eigenvalue weighted by molar-refractivity contribution is 7.99. The van der Waals surface area contributed by atoms with Crippen LogP contribution in [-0.2, 0) is 16.1 Å². The number of amides is 1. The number of aromatic nitrogens is 5. The molecule has 2 atom stereocenters. The first kappa shape index (κ1) is 19.9. The fraction of sp³-hybridized carbons (Fsp3) is 0.550. The number of para-hydroxylation sites is 1. The van der Waals surface area contributed by atoms with E-state index in [-0.39, 0.29) is 12.0 Å². The monoisotopic (exact) mass is 444 g/mol. The van der Waals surface area contributed by atoms with Gasteiger partial charge in [0.1, 0.15) is 0 Å². The van der Waals surface area contributed by atoms with Crippen LogP contribution in [0.4, 0.5) is 0 Å². The van der Waals surface area contributed by atoms with Gasteiger partial charge in [0.05, 0.1) is 33.6 Å². The Bertz CT molecular complexity index is 983. The molecule has 1 amide bonds. The predicted octanol–water partition coefficient (Wildman–Crippen LogP) is 2.96. The quantitative estimate of drug-likeness (QED) is 0.540. The summed E-state index contributed by atoms with van der Waals surface area (Å²) in [6.07, 6.45) is 4.37. The van der Waals surface area contributed by atoms with Crippen molar-refractivity contribution in [1.82, 2.24) is 30.1 Å². The third-order valence-electron chi connectivity index (χ3n) is 5.66. The van der Waals surface area contributed by atoms with Crippen LogP contribution in [0.2, 0.25) is 0 Å². The summed E-state index contributed by atoms with van der Waals surface area (Å²) in [6.45, 7) is 2.99. The van der Waals surface area contributed by atoms with Crippen LogP contribution in [0, 0.1) is 0 Å². The van der Waals surface area contributed by atoms with Crippen LogP contribution in [0.25, 0.3) is 10.2 Å². The number of tetrazole rings is 1. The van der Waals surface area contributed by atoms with Crippen LogP contribution < -0.4 is 0 Å². The number of thioether (sulfide) groups is 1. The van der Waals surface area contributed by atoms with E-state index in [0.29, 0.717) is 23.4 Å². The van der Waals surface area contributed by atoms with Gasteiger partial charge in [-0.25, -0.2) is 9.67 Å². The molecule has 2 aromatic heterocycles. The molecule has 0 bridgehead atoms. The van der Waals surface area contributed by atoms with Gasteiger partial charge in [-0.15, -0.1) is 16.4 Å². The molecule has 3 aromatic rings. The zero-order chi connectivity index (χ0) is 20.3. The molecule has 0 unspecified atom stereocenters. The number of nitrogens with zero attached hydrogens (tertiary/aromatic N) is 6. The SMILES string of the molecule is O=C(CSc1nnnn1C[C@@H]1CCCO1)N1CCC[C@@H](c2nc3ccccc3s2)C1. The van der Waals surface area contributed by atoms with Gasteiger partial charge in [0.15, 0.2) is 0 Å². The van der Waals surface area contributed by atoms with Crippen LogP contribution in [-0.4, -0.2) is 67.6 Å². The summed E-state index contributed by atoms with van der Waals surface area (Å²) in [7, 11) is 0. The summed E-state index contributed by atoms with van der Waals surface area (Å²) in [6, 6.07) is 8.23. The van der Waals surface area contributed by atoms with Gasteiger partial charge in [0.25, 0.3) is 0 Å². The van der Waals surface area contributed by atoms with E-state index in [1.807, 2.05) is 17.0 Å². The van der Waals surface area contributed by atoms with E-state index < -0.39 is 0 Å². The average molecular weight is 445 g/mol. The van der Waals surface area contributed by atoms with Gasteiger partial charge in [0.2, 0.25) is 11.1 Å². The zero-order valence-electron chi connectivity index (χ0n) is 16.6. The molecular weight excluding hydrogens is 420 g/mol. The normalized spacial score (nSPS) is 22.1. The molecule has 0 saturated carbocycles. The van der Waals surface area contributed by atoms with E-state index in [4.69, 9.17) is 9.72 Å². The van der Waals surface area contributed by atoms with Crippen molar-refractivity contribution < 1.29 is 9.53 Å². The summed E-state index contributed by atoms with van der Waals surface area (Å²) < 4.78 is 8.64. The second-order valence-corrected chi connectivity index (χ2v) is 9.77. The number of carbonyl (C=O) groups is 1. The molecule has 2 fully saturated rings. The number of piperidine rings is 1. The van der Waals surface area contributed by atoms with Crippen LogP contribution in [0.3, 0.4) is 0 Å². The lowest BCUT2D eigenvalue weighted by atomic mass is 9.99. The number of rotatable bonds is 6. The summed E-state index contributed by atoms with van der Waals surface area (Å²) in [5, 5.41) is 13.8. The molecule has 5 rings (SSSR count). The number of fused-ring (bicyclic) bond motifs is 1. The van der Waals surface area contributed by atoms with Crippen LogP contribution in [0.15, 0.2) is 29.4 Å².